The molecule has 0 aliphatic rings. The van der Waals surface area contributed by atoms with Crippen LogP contribution in [0.3, 0.4) is 0 Å². The van der Waals surface area contributed by atoms with Gasteiger partial charge in [0.2, 0.25) is 0 Å². The van der Waals surface area contributed by atoms with E-state index in [1.807, 2.05) is 24.3 Å². The van der Waals surface area contributed by atoms with Crippen molar-refractivity contribution in [1.29, 1.82) is 0 Å². The summed E-state index contributed by atoms with van der Waals surface area (Å²) >= 11 is 0. The normalized spacial score (nSPS) is 12.3. The molecule has 0 bridgehead atoms. The molecule has 0 aliphatic carbocycles. The third-order valence-electron chi connectivity index (χ3n) is 2.27. The lowest BCUT2D eigenvalue weighted by Gasteiger charge is -2.11. The van der Waals surface area contributed by atoms with Gasteiger partial charge in [0.05, 0.1) is 0 Å². The second-order valence-electron chi connectivity index (χ2n) is 3.60. The van der Waals surface area contributed by atoms with Crippen molar-refractivity contribution in [1.82, 2.24) is 0 Å². The predicted molar refractivity (Wildman–Crippen MR) is 59.4 cm³/mol. The van der Waals surface area contributed by atoms with E-state index in [1.165, 1.54) is 0 Å². The van der Waals surface area contributed by atoms with Crippen LogP contribution in [-0.4, -0.2) is 17.1 Å². The number of carboxylic acid groups (broad SMARTS) is 1. The van der Waals surface area contributed by atoms with Crippen LogP contribution >= 0.6 is 0 Å². The van der Waals surface area contributed by atoms with Gasteiger partial charge in [-0.05, 0) is 24.5 Å². The van der Waals surface area contributed by atoms with Crippen molar-refractivity contribution in [2.75, 3.05) is 5.73 Å². The highest BCUT2D eigenvalue weighted by Gasteiger charge is 2.08. The third kappa shape index (κ3) is 3.99. The molecular weight excluding hydrogens is 192 g/mol. The van der Waals surface area contributed by atoms with Gasteiger partial charge < -0.3 is 16.6 Å². The van der Waals surface area contributed by atoms with Crippen molar-refractivity contribution in [2.24, 2.45) is 5.73 Å². The highest BCUT2D eigenvalue weighted by atomic mass is 16.4. The fourth-order valence-electron chi connectivity index (χ4n) is 1.41. The fourth-order valence-corrected chi connectivity index (χ4v) is 1.41. The number of nitrogens with two attached hydrogens (primary N) is 2. The number of hydrogen-bond acceptors (Lipinski definition) is 3. The van der Waals surface area contributed by atoms with Crippen LogP contribution < -0.4 is 11.5 Å². The van der Waals surface area contributed by atoms with Gasteiger partial charge in [0.25, 0.3) is 0 Å². The lowest BCUT2D eigenvalue weighted by atomic mass is 10.0. The first-order valence-electron chi connectivity index (χ1n) is 4.90. The SMILES string of the molecule is Nc1ccccc1C[C@H](N)CCC(=O)O. The molecule has 1 atom stereocenters. The smallest absolute Gasteiger partial charge is 0.303 e. The number of para-hydroxylation sites is 1. The standard InChI is InChI=1S/C11H16N2O2/c12-9(5-6-11(14)15)7-8-3-1-2-4-10(8)13/h1-4,9H,5-7,12-13H2,(H,14,15)/t9-/m1/s1. The van der Waals surface area contributed by atoms with Gasteiger partial charge in [-0.3, -0.25) is 4.79 Å². The summed E-state index contributed by atoms with van der Waals surface area (Å²) < 4.78 is 0. The van der Waals surface area contributed by atoms with Crippen LogP contribution in [0.2, 0.25) is 0 Å². The lowest BCUT2D eigenvalue weighted by Crippen LogP contribution is -2.24. The Morgan fingerprint density at radius 2 is 2.07 bits per heavy atom. The Bertz CT molecular complexity index is 339. The minimum atomic E-state index is -0.813. The molecule has 0 aliphatic heterocycles. The molecule has 0 saturated carbocycles. The molecule has 4 heteroatoms. The van der Waals surface area contributed by atoms with Crippen molar-refractivity contribution in [3.05, 3.63) is 29.8 Å². The molecule has 1 aromatic carbocycles. The van der Waals surface area contributed by atoms with E-state index in [9.17, 15) is 4.79 Å². The van der Waals surface area contributed by atoms with Crippen molar-refractivity contribution in [3.8, 4) is 0 Å². The predicted octanol–water partition coefficient (Wildman–Crippen LogP) is 1.00. The molecule has 1 aromatic rings. The van der Waals surface area contributed by atoms with Gasteiger partial charge in [0.15, 0.2) is 0 Å². The van der Waals surface area contributed by atoms with E-state index in [-0.39, 0.29) is 12.5 Å². The quantitative estimate of drug-likeness (QED) is 0.630. The number of hydrogen-bond donors (Lipinski definition) is 3. The highest BCUT2D eigenvalue weighted by molar-refractivity contribution is 5.66. The van der Waals surface area contributed by atoms with E-state index in [4.69, 9.17) is 16.6 Å². The zero-order valence-corrected chi connectivity index (χ0v) is 8.52. The first kappa shape index (κ1) is 11.5. The Kier molecular flexibility index (Phi) is 4.12. The maximum atomic E-state index is 10.3. The van der Waals surface area contributed by atoms with E-state index in [1.54, 1.807) is 0 Å². The molecule has 82 valence electrons. The molecule has 0 fully saturated rings. The summed E-state index contributed by atoms with van der Waals surface area (Å²) in [6.45, 7) is 0. The van der Waals surface area contributed by atoms with Crippen molar-refractivity contribution < 1.29 is 9.90 Å². The maximum Gasteiger partial charge on any atom is 0.303 e. The molecule has 5 N–H and O–H groups in total. The molecule has 4 nitrogen and oxygen atoms in total. The van der Waals surface area contributed by atoms with Crippen molar-refractivity contribution >= 4 is 11.7 Å². The van der Waals surface area contributed by atoms with Gasteiger partial charge in [0, 0.05) is 18.2 Å². The van der Waals surface area contributed by atoms with Crippen LogP contribution in [0.1, 0.15) is 18.4 Å². The van der Waals surface area contributed by atoms with Crippen LogP contribution in [0.25, 0.3) is 0 Å². The Labute approximate surface area is 88.9 Å². The van der Waals surface area contributed by atoms with Gasteiger partial charge in [-0.1, -0.05) is 18.2 Å². The molecule has 0 amide bonds. The van der Waals surface area contributed by atoms with E-state index in [2.05, 4.69) is 0 Å². The Morgan fingerprint density at radius 3 is 2.67 bits per heavy atom. The average Bonchev–Trinajstić information content (AvgIpc) is 2.18. The molecule has 0 saturated heterocycles. The summed E-state index contributed by atoms with van der Waals surface area (Å²) in [6, 6.07) is 7.35. The monoisotopic (exact) mass is 208 g/mol. The maximum absolute atomic E-state index is 10.3. The fraction of sp³-hybridized carbons (Fsp3) is 0.364. The van der Waals surface area contributed by atoms with E-state index in [0.29, 0.717) is 18.5 Å². The number of carbonyl (C=O) groups is 1. The van der Waals surface area contributed by atoms with Gasteiger partial charge in [0.1, 0.15) is 0 Å². The van der Waals surface area contributed by atoms with E-state index >= 15 is 0 Å². The molecule has 0 heterocycles. The van der Waals surface area contributed by atoms with E-state index in [0.717, 1.165) is 5.56 Å². The number of aliphatic carboxylic acids is 1. The van der Waals surface area contributed by atoms with Gasteiger partial charge in [-0.15, -0.1) is 0 Å². The second-order valence-corrected chi connectivity index (χ2v) is 3.60. The molecule has 1 rings (SSSR count). The minimum Gasteiger partial charge on any atom is -0.481 e. The molecule has 15 heavy (non-hydrogen) atoms. The third-order valence-corrected chi connectivity index (χ3v) is 2.27. The Morgan fingerprint density at radius 1 is 1.40 bits per heavy atom. The lowest BCUT2D eigenvalue weighted by molar-refractivity contribution is -0.137. The summed E-state index contributed by atoms with van der Waals surface area (Å²) in [5.41, 5.74) is 13.3. The molecule has 0 aromatic heterocycles. The number of anilines is 1. The molecule has 0 spiro atoms. The Hall–Kier alpha value is -1.55. The topological polar surface area (TPSA) is 89.3 Å². The largest absolute Gasteiger partial charge is 0.481 e. The number of carboxylic acids is 1. The molecule has 0 unspecified atom stereocenters. The van der Waals surface area contributed by atoms with Crippen LogP contribution in [0, 0.1) is 0 Å². The number of rotatable bonds is 5. The first-order chi connectivity index (χ1) is 7.09. The summed E-state index contributed by atoms with van der Waals surface area (Å²) in [7, 11) is 0. The highest BCUT2D eigenvalue weighted by Crippen LogP contribution is 2.13. The van der Waals surface area contributed by atoms with Crippen LogP contribution in [0.15, 0.2) is 24.3 Å². The van der Waals surface area contributed by atoms with Gasteiger partial charge >= 0.3 is 5.97 Å². The summed E-state index contributed by atoms with van der Waals surface area (Å²) in [4.78, 5) is 10.3. The molecular formula is C11H16N2O2. The van der Waals surface area contributed by atoms with E-state index < -0.39 is 5.97 Å². The first-order valence-corrected chi connectivity index (χ1v) is 4.90. The molecule has 0 radical (unpaired) electrons. The van der Waals surface area contributed by atoms with Gasteiger partial charge in [-0.25, -0.2) is 0 Å². The number of nitrogen functional groups attached to an aromatic ring is 1. The summed E-state index contributed by atoms with van der Waals surface area (Å²) in [5, 5.41) is 8.50. The summed E-state index contributed by atoms with van der Waals surface area (Å²) in [5.74, 6) is -0.813. The zero-order valence-electron chi connectivity index (χ0n) is 8.52. The summed E-state index contributed by atoms with van der Waals surface area (Å²) in [6.07, 6.45) is 1.21. The van der Waals surface area contributed by atoms with Crippen molar-refractivity contribution in [2.45, 2.75) is 25.3 Å². The van der Waals surface area contributed by atoms with Gasteiger partial charge in [-0.2, -0.15) is 0 Å². The minimum absolute atomic E-state index is 0.105. The number of benzene rings is 1. The van der Waals surface area contributed by atoms with Crippen LogP contribution in [0.5, 0.6) is 0 Å². The zero-order chi connectivity index (χ0) is 11.3. The van der Waals surface area contributed by atoms with Crippen molar-refractivity contribution in [3.63, 3.8) is 0 Å². The second kappa shape index (κ2) is 5.36. The average molecular weight is 208 g/mol. The van der Waals surface area contributed by atoms with Crippen LogP contribution in [0.4, 0.5) is 5.69 Å². The Balaban J connectivity index is 2.47. The van der Waals surface area contributed by atoms with Crippen LogP contribution in [-0.2, 0) is 11.2 Å².